The van der Waals surface area contributed by atoms with Gasteiger partial charge in [-0.2, -0.15) is 0 Å². The van der Waals surface area contributed by atoms with Gasteiger partial charge in [-0.15, -0.1) is 0 Å². The first-order valence-electron chi connectivity index (χ1n) is 7.98. The fraction of sp³-hybridized carbons (Fsp3) is 1.00. The molecule has 112 valence electrons. The largest absolute Gasteiger partial charge is 0.379 e. The van der Waals surface area contributed by atoms with Crippen LogP contribution in [0.15, 0.2) is 0 Å². The summed E-state index contributed by atoms with van der Waals surface area (Å²) in [5.74, 6) is 0.661. The highest BCUT2D eigenvalue weighted by atomic mass is 16.5. The van der Waals surface area contributed by atoms with Crippen molar-refractivity contribution in [2.24, 2.45) is 5.92 Å². The van der Waals surface area contributed by atoms with Gasteiger partial charge in [0.1, 0.15) is 0 Å². The Morgan fingerprint density at radius 1 is 1.21 bits per heavy atom. The Bertz CT molecular complexity index is 254. The maximum absolute atomic E-state index is 5.65. The van der Waals surface area contributed by atoms with Gasteiger partial charge in [-0.05, 0) is 46.1 Å². The minimum absolute atomic E-state index is 0.559. The second kappa shape index (κ2) is 7.58. The lowest BCUT2D eigenvalue weighted by Crippen LogP contribution is -2.47. The fourth-order valence-corrected chi connectivity index (χ4v) is 3.46. The van der Waals surface area contributed by atoms with E-state index >= 15 is 0 Å². The standard InChI is InChI=1S/C15H31N3O/c1-4-16-15-12-19-11-13(15)10-17(3)14-6-8-18(5-2)9-7-14/h13-16H,4-12H2,1-3H3. The van der Waals surface area contributed by atoms with Gasteiger partial charge in [0.2, 0.25) is 0 Å². The van der Waals surface area contributed by atoms with Gasteiger partial charge in [0, 0.05) is 24.5 Å². The molecule has 0 saturated carbocycles. The highest BCUT2D eigenvalue weighted by Gasteiger charge is 2.30. The molecule has 0 radical (unpaired) electrons. The fourth-order valence-electron chi connectivity index (χ4n) is 3.46. The molecular formula is C15H31N3O. The summed E-state index contributed by atoms with van der Waals surface area (Å²) in [4.78, 5) is 5.14. The summed E-state index contributed by atoms with van der Waals surface area (Å²) in [6, 6.07) is 1.33. The van der Waals surface area contributed by atoms with E-state index in [4.69, 9.17) is 4.74 Å². The molecule has 0 aromatic carbocycles. The summed E-state index contributed by atoms with van der Waals surface area (Å²) in [6.07, 6.45) is 2.65. The molecule has 0 bridgehead atoms. The minimum atomic E-state index is 0.559. The van der Waals surface area contributed by atoms with Crippen LogP contribution in [0.5, 0.6) is 0 Å². The zero-order valence-corrected chi connectivity index (χ0v) is 12.9. The van der Waals surface area contributed by atoms with Gasteiger partial charge in [0.15, 0.2) is 0 Å². The van der Waals surface area contributed by atoms with Crippen LogP contribution in [0.25, 0.3) is 0 Å². The molecular weight excluding hydrogens is 238 g/mol. The SMILES string of the molecule is CCNC1COCC1CN(C)C1CCN(CC)CC1. The molecule has 0 amide bonds. The molecule has 2 heterocycles. The molecule has 2 unspecified atom stereocenters. The maximum atomic E-state index is 5.65. The van der Waals surface area contributed by atoms with Crippen molar-refractivity contribution in [3.8, 4) is 0 Å². The van der Waals surface area contributed by atoms with Crippen molar-refractivity contribution in [3.63, 3.8) is 0 Å². The van der Waals surface area contributed by atoms with Crippen LogP contribution in [0.1, 0.15) is 26.7 Å². The van der Waals surface area contributed by atoms with Crippen molar-refractivity contribution in [2.45, 2.75) is 38.8 Å². The van der Waals surface area contributed by atoms with Gasteiger partial charge in [0.25, 0.3) is 0 Å². The second-order valence-corrected chi connectivity index (χ2v) is 6.07. The lowest BCUT2D eigenvalue weighted by molar-refractivity contribution is 0.110. The Morgan fingerprint density at radius 3 is 2.58 bits per heavy atom. The lowest BCUT2D eigenvalue weighted by Gasteiger charge is -2.37. The van der Waals surface area contributed by atoms with E-state index in [2.05, 4.69) is 36.0 Å². The van der Waals surface area contributed by atoms with Gasteiger partial charge < -0.3 is 19.9 Å². The molecule has 0 aliphatic carbocycles. The van der Waals surface area contributed by atoms with E-state index in [9.17, 15) is 0 Å². The second-order valence-electron chi connectivity index (χ2n) is 6.07. The monoisotopic (exact) mass is 269 g/mol. The molecule has 0 aromatic rings. The Kier molecular flexibility index (Phi) is 6.07. The molecule has 0 aromatic heterocycles. The third-order valence-electron chi connectivity index (χ3n) is 4.81. The van der Waals surface area contributed by atoms with Crippen molar-refractivity contribution in [1.82, 2.24) is 15.1 Å². The summed E-state index contributed by atoms with van der Waals surface area (Å²) in [5, 5.41) is 3.56. The predicted molar refractivity (Wildman–Crippen MR) is 79.5 cm³/mol. The summed E-state index contributed by atoms with van der Waals surface area (Å²) in [7, 11) is 2.30. The quantitative estimate of drug-likeness (QED) is 0.779. The van der Waals surface area contributed by atoms with E-state index in [1.807, 2.05) is 0 Å². The van der Waals surface area contributed by atoms with E-state index in [0.29, 0.717) is 12.0 Å². The zero-order valence-electron chi connectivity index (χ0n) is 12.9. The first-order valence-corrected chi connectivity index (χ1v) is 7.98. The van der Waals surface area contributed by atoms with Crippen LogP contribution in [0, 0.1) is 5.92 Å². The number of rotatable bonds is 6. The average Bonchev–Trinajstić information content (AvgIpc) is 2.86. The molecule has 4 nitrogen and oxygen atoms in total. The number of hydrogen-bond acceptors (Lipinski definition) is 4. The van der Waals surface area contributed by atoms with Gasteiger partial charge in [-0.3, -0.25) is 0 Å². The summed E-state index contributed by atoms with van der Waals surface area (Å²) in [5.41, 5.74) is 0. The smallest absolute Gasteiger partial charge is 0.0623 e. The Labute approximate surface area is 118 Å². The van der Waals surface area contributed by atoms with Crippen LogP contribution in [-0.2, 0) is 4.74 Å². The molecule has 2 rings (SSSR count). The van der Waals surface area contributed by atoms with Crippen LogP contribution in [0.3, 0.4) is 0 Å². The van der Waals surface area contributed by atoms with Crippen molar-refractivity contribution >= 4 is 0 Å². The zero-order chi connectivity index (χ0) is 13.7. The van der Waals surface area contributed by atoms with E-state index in [1.165, 1.54) is 39.0 Å². The number of nitrogens with one attached hydrogen (secondary N) is 1. The van der Waals surface area contributed by atoms with Crippen LogP contribution in [0.2, 0.25) is 0 Å². The lowest BCUT2D eigenvalue weighted by atomic mass is 9.99. The Hall–Kier alpha value is -0.160. The topological polar surface area (TPSA) is 27.7 Å². The average molecular weight is 269 g/mol. The van der Waals surface area contributed by atoms with Gasteiger partial charge in [-0.1, -0.05) is 13.8 Å². The molecule has 2 aliphatic heterocycles. The van der Waals surface area contributed by atoms with E-state index in [1.54, 1.807) is 0 Å². The van der Waals surface area contributed by atoms with Crippen LogP contribution >= 0.6 is 0 Å². The number of ether oxygens (including phenoxy) is 1. The predicted octanol–water partition coefficient (Wildman–Crippen LogP) is 1.03. The molecule has 2 aliphatic rings. The van der Waals surface area contributed by atoms with Crippen molar-refractivity contribution in [2.75, 3.05) is 53.0 Å². The summed E-state index contributed by atoms with van der Waals surface area (Å²) >= 11 is 0. The van der Waals surface area contributed by atoms with Crippen molar-refractivity contribution in [1.29, 1.82) is 0 Å². The molecule has 2 saturated heterocycles. The van der Waals surface area contributed by atoms with E-state index in [-0.39, 0.29) is 0 Å². The van der Waals surface area contributed by atoms with Crippen molar-refractivity contribution < 1.29 is 4.74 Å². The normalized spacial score (nSPS) is 30.3. The number of nitrogens with zero attached hydrogens (tertiary/aromatic N) is 2. The number of hydrogen-bond donors (Lipinski definition) is 1. The first-order chi connectivity index (χ1) is 9.24. The number of likely N-dealkylation sites (N-methyl/N-ethyl adjacent to an activating group) is 1. The molecule has 2 atom stereocenters. The molecule has 4 heteroatoms. The number of piperidine rings is 1. The molecule has 19 heavy (non-hydrogen) atoms. The minimum Gasteiger partial charge on any atom is -0.379 e. The highest BCUT2D eigenvalue weighted by molar-refractivity contribution is 4.85. The first kappa shape index (κ1) is 15.2. The highest BCUT2D eigenvalue weighted by Crippen LogP contribution is 2.20. The Morgan fingerprint density at radius 2 is 1.95 bits per heavy atom. The van der Waals surface area contributed by atoms with Gasteiger partial charge in [0.05, 0.1) is 13.2 Å². The maximum Gasteiger partial charge on any atom is 0.0623 e. The van der Waals surface area contributed by atoms with Crippen LogP contribution < -0.4 is 5.32 Å². The van der Waals surface area contributed by atoms with E-state index in [0.717, 1.165) is 25.8 Å². The van der Waals surface area contributed by atoms with Gasteiger partial charge in [-0.25, -0.2) is 0 Å². The molecule has 2 fully saturated rings. The Balaban J connectivity index is 1.76. The van der Waals surface area contributed by atoms with Crippen molar-refractivity contribution in [3.05, 3.63) is 0 Å². The third kappa shape index (κ3) is 4.15. The van der Waals surface area contributed by atoms with Crippen LogP contribution in [-0.4, -0.2) is 74.9 Å². The van der Waals surface area contributed by atoms with E-state index < -0.39 is 0 Å². The summed E-state index contributed by atoms with van der Waals surface area (Å²) < 4.78 is 5.65. The third-order valence-corrected chi connectivity index (χ3v) is 4.81. The van der Waals surface area contributed by atoms with Gasteiger partial charge >= 0.3 is 0 Å². The summed E-state index contributed by atoms with van der Waals surface area (Å²) in [6.45, 7) is 12.2. The number of likely N-dealkylation sites (tertiary alicyclic amines) is 1. The molecule has 0 spiro atoms. The van der Waals surface area contributed by atoms with Crippen LogP contribution in [0.4, 0.5) is 0 Å². The molecule has 1 N–H and O–H groups in total.